The fourth-order valence-electron chi connectivity index (χ4n) is 1.90. The molecule has 2 rings (SSSR count). The molecule has 0 bridgehead atoms. The molecule has 1 N–H and O–H groups in total. The molecule has 2 aromatic rings. The molecule has 0 aromatic heterocycles. The third-order valence-corrected chi connectivity index (χ3v) is 2.83. The standard InChI is InChI=1S/C15H16O2/c1-10-4-5-11(2)15(6-10)12-7-13(16)9-14(8-12)17-3/h4-9,16H,1-3H3. The first kappa shape index (κ1) is 11.5. The zero-order valence-corrected chi connectivity index (χ0v) is 10.3. The van der Waals surface area contributed by atoms with Gasteiger partial charge in [-0.25, -0.2) is 0 Å². The van der Waals surface area contributed by atoms with Crippen LogP contribution in [-0.2, 0) is 0 Å². The summed E-state index contributed by atoms with van der Waals surface area (Å²) in [5, 5.41) is 9.67. The van der Waals surface area contributed by atoms with Crippen LogP contribution in [0.1, 0.15) is 11.1 Å². The minimum Gasteiger partial charge on any atom is -0.508 e. The third-order valence-electron chi connectivity index (χ3n) is 2.83. The van der Waals surface area contributed by atoms with Crippen LogP contribution in [0.25, 0.3) is 11.1 Å². The zero-order valence-electron chi connectivity index (χ0n) is 10.3. The summed E-state index contributed by atoms with van der Waals surface area (Å²) in [6, 6.07) is 11.6. The van der Waals surface area contributed by atoms with Gasteiger partial charge in [0.2, 0.25) is 0 Å². The summed E-state index contributed by atoms with van der Waals surface area (Å²) >= 11 is 0. The molecule has 0 radical (unpaired) electrons. The van der Waals surface area contributed by atoms with Crippen LogP contribution in [0.15, 0.2) is 36.4 Å². The van der Waals surface area contributed by atoms with Crippen molar-refractivity contribution in [2.45, 2.75) is 13.8 Å². The number of aryl methyl sites for hydroxylation is 2. The van der Waals surface area contributed by atoms with Gasteiger partial charge in [0.1, 0.15) is 11.5 Å². The number of methoxy groups -OCH3 is 1. The summed E-state index contributed by atoms with van der Waals surface area (Å²) in [7, 11) is 1.60. The van der Waals surface area contributed by atoms with Crippen molar-refractivity contribution in [1.29, 1.82) is 0 Å². The first-order valence-corrected chi connectivity index (χ1v) is 5.56. The molecule has 0 saturated heterocycles. The highest BCUT2D eigenvalue weighted by molar-refractivity contribution is 5.70. The Hall–Kier alpha value is -1.96. The number of hydrogen-bond donors (Lipinski definition) is 1. The molecule has 2 aromatic carbocycles. The zero-order chi connectivity index (χ0) is 12.4. The van der Waals surface area contributed by atoms with Crippen molar-refractivity contribution >= 4 is 0 Å². The lowest BCUT2D eigenvalue weighted by Gasteiger charge is -2.10. The van der Waals surface area contributed by atoms with Crippen LogP contribution in [0.2, 0.25) is 0 Å². The molecule has 2 heteroatoms. The number of ether oxygens (including phenoxy) is 1. The smallest absolute Gasteiger partial charge is 0.123 e. The minimum atomic E-state index is 0.222. The molecular formula is C15H16O2. The molecule has 0 spiro atoms. The van der Waals surface area contributed by atoms with Gasteiger partial charge in [0.25, 0.3) is 0 Å². The van der Waals surface area contributed by atoms with Gasteiger partial charge in [0.05, 0.1) is 7.11 Å². The molecule has 0 amide bonds. The second-order valence-corrected chi connectivity index (χ2v) is 4.24. The molecule has 17 heavy (non-hydrogen) atoms. The average Bonchev–Trinajstić information content (AvgIpc) is 2.31. The lowest BCUT2D eigenvalue weighted by atomic mass is 9.98. The third kappa shape index (κ3) is 2.41. The lowest BCUT2D eigenvalue weighted by Crippen LogP contribution is -1.87. The molecule has 0 aliphatic carbocycles. The van der Waals surface area contributed by atoms with Crippen LogP contribution >= 0.6 is 0 Å². The van der Waals surface area contributed by atoms with Gasteiger partial charge >= 0.3 is 0 Å². The largest absolute Gasteiger partial charge is 0.508 e. The van der Waals surface area contributed by atoms with Gasteiger partial charge in [-0.05, 0) is 42.7 Å². The van der Waals surface area contributed by atoms with E-state index in [2.05, 4.69) is 32.0 Å². The van der Waals surface area contributed by atoms with E-state index in [4.69, 9.17) is 4.74 Å². The van der Waals surface area contributed by atoms with Gasteiger partial charge < -0.3 is 9.84 Å². The van der Waals surface area contributed by atoms with E-state index in [9.17, 15) is 5.11 Å². The van der Waals surface area contributed by atoms with Gasteiger partial charge in [-0.1, -0.05) is 23.8 Å². The van der Waals surface area contributed by atoms with Crippen LogP contribution in [0.4, 0.5) is 0 Å². The van der Waals surface area contributed by atoms with E-state index < -0.39 is 0 Å². The van der Waals surface area contributed by atoms with Crippen molar-refractivity contribution in [2.75, 3.05) is 7.11 Å². The first-order valence-electron chi connectivity index (χ1n) is 5.56. The van der Waals surface area contributed by atoms with E-state index in [1.54, 1.807) is 19.2 Å². The Morgan fingerprint density at radius 3 is 2.47 bits per heavy atom. The fraction of sp³-hybridized carbons (Fsp3) is 0.200. The number of aromatic hydroxyl groups is 1. The topological polar surface area (TPSA) is 29.5 Å². The summed E-state index contributed by atoms with van der Waals surface area (Å²) in [6.45, 7) is 4.12. The Balaban J connectivity index is 2.59. The maximum Gasteiger partial charge on any atom is 0.123 e. The average molecular weight is 228 g/mol. The molecule has 0 saturated carbocycles. The van der Waals surface area contributed by atoms with E-state index in [-0.39, 0.29) is 5.75 Å². The quantitative estimate of drug-likeness (QED) is 0.849. The van der Waals surface area contributed by atoms with Crippen LogP contribution < -0.4 is 4.74 Å². The summed E-state index contributed by atoms with van der Waals surface area (Å²) in [4.78, 5) is 0. The molecule has 88 valence electrons. The number of rotatable bonds is 2. The molecule has 0 aliphatic rings. The highest BCUT2D eigenvalue weighted by Gasteiger charge is 2.06. The minimum absolute atomic E-state index is 0.222. The fourth-order valence-corrected chi connectivity index (χ4v) is 1.90. The van der Waals surface area contributed by atoms with Crippen LogP contribution in [-0.4, -0.2) is 12.2 Å². The molecule has 0 heterocycles. The maximum absolute atomic E-state index is 9.67. The summed E-state index contributed by atoms with van der Waals surface area (Å²) < 4.78 is 5.17. The summed E-state index contributed by atoms with van der Waals surface area (Å²) in [5.41, 5.74) is 4.48. The SMILES string of the molecule is COc1cc(O)cc(-c2cc(C)ccc2C)c1. The second kappa shape index (κ2) is 4.50. The van der Waals surface area contributed by atoms with Crippen molar-refractivity contribution in [3.63, 3.8) is 0 Å². The molecular weight excluding hydrogens is 212 g/mol. The second-order valence-electron chi connectivity index (χ2n) is 4.24. The highest BCUT2D eigenvalue weighted by Crippen LogP contribution is 2.31. The van der Waals surface area contributed by atoms with Crippen molar-refractivity contribution in [2.24, 2.45) is 0 Å². The molecule has 0 unspecified atom stereocenters. The van der Waals surface area contributed by atoms with Crippen molar-refractivity contribution in [3.05, 3.63) is 47.5 Å². The molecule has 0 atom stereocenters. The van der Waals surface area contributed by atoms with Gasteiger partial charge in [-0.3, -0.25) is 0 Å². The monoisotopic (exact) mass is 228 g/mol. The van der Waals surface area contributed by atoms with Crippen molar-refractivity contribution < 1.29 is 9.84 Å². The van der Waals surface area contributed by atoms with Gasteiger partial charge in [-0.2, -0.15) is 0 Å². The van der Waals surface area contributed by atoms with Crippen LogP contribution in [0, 0.1) is 13.8 Å². The predicted molar refractivity (Wildman–Crippen MR) is 69.6 cm³/mol. The predicted octanol–water partition coefficient (Wildman–Crippen LogP) is 3.68. The number of hydrogen-bond acceptors (Lipinski definition) is 2. The van der Waals surface area contributed by atoms with Crippen LogP contribution in [0.3, 0.4) is 0 Å². The van der Waals surface area contributed by atoms with Crippen molar-refractivity contribution in [3.8, 4) is 22.6 Å². The highest BCUT2D eigenvalue weighted by atomic mass is 16.5. The van der Waals surface area contributed by atoms with E-state index >= 15 is 0 Å². The van der Waals surface area contributed by atoms with E-state index in [0.717, 1.165) is 11.1 Å². The number of phenolic OH excluding ortho intramolecular Hbond substituents is 1. The van der Waals surface area contributed by atoms with Gasteiger partial charge in [-0.15, -0.1) is 0 Å². The molecule has 0 aliphatic heterocycles. The van der Waals surface area contributed by atoms with Crippen LogP contribution in [0.5, 0.6) is 11.5 Å². The Morgan fingerprint density at radius 2 is 1.76 bits per heavy atom. The Labute approximate surface area is 101 Å². The Bertz CT molecular complexity index is 545. The first-order chi connectivity index (χ1) is 8.10. The number of phenols is 1. The van der Waals surface area contributed by atoms with Gasteiger partial charge in [0, 0.05) is 6.07 Å². The molecule has 0 fully saturated rings. The number of benzene rings is 2. The normalized spacial score (nSPS) is 10.3. The molecule has 2 nitrogen and oxygen atoms in total. The van der Waals surface area contributed by atoms with Gasteiger partial charge in [0.15, 0.2) is 0 Å². The van der Waals surface area contributed by atoms with E-state index in [0.29, 0.717) is 5.75 Å². The lowest BCUT2D eigenvalue weighted by molar-refractivity contribution is 0.408. The summed E-state index contributed by atoms with van der Waals surface area (Å²) in [5.74, 6) is 0.890. The summed E-state index contributed by atoms with van der Waals surface area (Å²) in [6.07, 6.45) is 0. The Kier molecular flexibility index (Phi) is 3.05. The van der Waals surface area contributed by atoms with Crippen molar-refractivity contribution in [1.82, 2.24) is 0 Å². The van der Waals surface area contributed by atoms with E-state index in [1.807, 2.05) is 6.07 Å². The maximum atomic E-state index is 9.67. The van der Waals surface area contributed by atoms with E-state index in [1.165, 1.54) is 11.1 Å². The Morgan fingerprint density at radius 1 is 1.00 bits per heavy atom.